The lowest BCUT2D eigenvalue weighted by Crippen LogP contribution is -2.46. The van der Waals surface area contributed by atoms with Crippen LogP contribution in [0.15, 0.2) is 29.2 Å². The van der Waals surface area contributed by atoms with Gasteiger partial charge >= 0.3 is 0 Å². The topological polar surface area (TPSA) is 52.7 Å². The second kappa shape index (κ2) is 9.60. The van der Waals surface area contributed by atoms with Crippen molar-refractivity contribution in [3.8, 4) is 0 Å². The minimum atomic E-state index is 0.0964. The van der Waals surface area contributed by atoms with E-state index in [1.807, 2.05) is 28.8 Å². The van der Waals surface area contributed by atoms with Crippen molar-refractivity contribution >= 4 is 29.3 Å². The van der Waals surface area contributed by atoms with Crippen molar-refractivity contribution in [1.82, 2.24) is 10.2 Å². The maximum absolute atomic E-state index is 13.0. The van der Waals surface area contributed by atoms with Crippen LogP contribution >= 0.6 is 11.8 Å². The van der Waals surface area contributed by atoms with E-state index in [1.165, 1.54) is 4.90 Å². The molecular weight excluding hydrogens is 358 g/mol. The zero-order valence-electron chi connectivity index (χ0n) is 16.4. The number of benzene rings is 1. The molecule has 6 heteroatoms. The molecule has 0 aromatic heterocycles. The summed E-state index contributed by atoms with van der Waals surface area (Å²) in [6, 6.07) is 8.22. The molecule has 2 aliphatic heterocycles. The maximum atomic E-state index is 13.0. The quantitative estimate of drug-likeness (QED) is 0.841. The number of anilines is 1. The molecule has 2 amide bonds. The minimum absolute atomic E-state index is 0.0964. The summed E-state index contributed by atoms with van der Waals surface area (Å²) in [5.41, 5.74) is 1.05. The van der Waals surface area contributed by atoms with E-state index >= 15 is 0 Å². The summed E-state index contributed by atoms with van der Waals surface area (Å²) in [6.45, 7) is 7.89. The van der Waals surface area contributed by atoms with Gasteiger partial charge in [-0.3, -0.25) is 14.5 Å². The monoisotopic (exact) mass is 389 g/mol. The largest absolute Gasteiger partial charge is 0.356 e. The van der Waals surface area contributed by atoms with Gasteiger partial charge in [0.15, 0.2) is 0 Å². The first-order valence-electron chi connectivity index (χ1n) is 10.1. The molecule has 1 unspecified atom stereocenters. The van der Waals surface area contributed by atoms with E-state index < -0.39 is 0 Å². The second-order valence-corrected chi connectivity index (χ2v) is 9.05. The molecular formula is C21H31N3O2S. The van der Waals surface area contributed by atoms with E-state index in [-0.39, 0.29) is 17.7 Å². The van der Waals surface area contributed by atoms with Gasteiger partial charge in [0.25, 0.3) is 0 Å². The number of nitrogens with zero attached hydrogens (tertiary/aromatic N) is 2. The van der Waals surface area contributed by atoms with Gasteiger partial charge in [-0.1, -0.05) is 26.0 Å². The highest BCUT2D eigenvalue weighted by molar-refractivity contribution is 8.00. The van der Waals surface area contributed by atoms with Gasteiger partial charge in [-0.25, -0.2) is 0 Å². The average Bonchev–Trinajstić information content (AvgIpc) is 2.84. The predicted molar refractivity (Wildman–Crippen MR) is 111 cm³/mol. The minimum Gasteiger partial charge on any atom is -0.356 e. The van der Waals surface area contributed by atoms with E-state index in [0.29, 0.717) is 11.8 Å². The Kier molecular flexibility index (Phi) is 7.19. The molecule has 0 saturated carbocycles. The highest BCUT2D eigenvalue weighted by atomic mass is 32.2. The molecule has 0 radical (unpaired) electrons. The van der Waals surface area contributed by atoms with Gasteiger partial charge in [-0.2, -0.15) is 0 Å². The molecule has 0 aliphatic carbocycles. The van der Waals surface area contributed by atoms with Crippen LogP contribution in [-0.4, -0.2) is 54.7 Å². The summed E-state index contributed by atoms with van der Waals surface area (Å²) in [7, 11) is 0. The SMILES string of the molecule is CCCNC(=O)C1CCN(CC(=O)N2CCC(C)Sc3ccccc32)CC1. The molecule has 5 nitrogen and oxygen atoms in total. The number of amides is 2. The molecule has 1 aromatic rings. The number of hydrogen-bond donors (Lipinski definition) is 1. The molecule has 0 spiro atoms. The number of likely N-dealkylation sites (tertiary alicyclic amines) is 1. The smallest absolute Gasteiger partial charge is 0.241 e. The summed E-state index contributed by atoms with van der Waals surface area (Å²) in [6.07, 6.45) is 3.65. The predicted octanol–water partition coefficient (Wildman–Crippen LogP) is 3.14. The molecule has 27 heavy (non-hydrogen) atoms. The fraction of sp³-hybridized carbons (Fsp3) is 0.619. The number of thioether (sulfide) groups is 1. The summed E-state index contributed by atoms with van der Waals surface area (Å²) < 4.78 is 0. The van der Waals surface area contributed by atoms with Crippen molar-refractivity contribution in [1.29, 1.82) is 0 Å². The van der Waals surface area contributed by atoms with Gasteiger partial charge < -0.3 is 10.2 Å². The first-order valence-corrected chi connectivity index (χ1v) is 11.0. The Balaban J connectivity index is 1.56. The molecule has 3 rings (SSSR count). The third-order valence-electron chi connectivity index (χ3n) is 5.41. The van der Waals surface area contributed by atoms with Crippen LogP contribution in [0.1, 0.15) is 39.5 Å². The highest BCUT2D eigenvalue weighted by Gasteiger charge is 2.29. The van der Waals surface area contributed by atoms with Crippen LogP contribution in [0.3, 0.4) is 0 Å². The Labute approximate surface area is 166 Å². The lowest BCUT2D eigenvalue weighted by atomic mass is 9.96. The second-order valence-electron chi connectivity index (χ2n) is 7.57. The number of carbonyl (C=O) groups is 2. The van der Waals surface area contributed by atoms with Crippen molar-refractivity contribution < 1.29 is 9.59 Å². The zero-order chi connectivity index (χ0) is 19.2. The van der Waals surface area contributed by atoms with Crippen molar-refractivity contribution in [2.75, 3.05) is 37.6 Å². The number of piperidine rings is 1. The third-order valence-corrected chi connectivity index (χ3v) is 6.65. The van der Waals surface area contributed by atoms with Crippen molar-refractivity contribution in [3.63, 3.8) is 0 Å². The van der Waals surface area contributed by atoms with Gasteiger partial charge in [0.2, 0.25) is 11.8 Å². The van der Waals surface area contributed by atoms with Crippen molar-refractivity contribution in [2.45, 2.75) is 49.7 Å². The molecule has 1 aromatic carbocycles. The number of nitrogens with one attached hydrogen (secondary N) is 1. The van der Waals surface area contributed by atoms with Crippen LogP contribution in [-0.2, 0) is 9.59 Å². The molecule has 2 aliphatic rings. The Morgan fingerprint density at radius 3 is 2.63 bits per heavy atom. The molecule has 0 bridgehead atoms. The van der Waals surface area contributed by atoms with Crippen LogP contribution in [0, 0.1) is 5.92 Å². The summed E-state index contributed by atoms with van der Waals surface area (Å²) >= 11 is 1.86. The number of hydrogen-bond acceptors (Lipinski definition) is 4. The average molecular weight is 390 g/mol. The molecule has 148 valence electrons. The van der Waals surface area contributed by atoms with Gasteiger partial charge in [0, 0.05) is 29.2 Å². The molecule has 1 fully saturated rings. The molecule has 1 saturated heterocycles. The molecule has 1 atom stereocenters. The number of rotatable bonds is 5. The number of carbonyl (C=O) groups excluding carboxylic acids is 2. The Hall–Kier alpha value is -1.53. The van der Waals surface area contributed by atoms with Crippen molar-refractivity contribution in [2.24, 2.45) is 5.92 Å². The lowest BCUT2D eigenvalue weighted by Gasteiger charge is -2.32. The Bertz CT molecular complexity index is 659. The van der Waals surface area contributed by atoms with Crippen LogP contribution in [0.2, 0.25) is 0 Å². The molecule has 1 N–H and O–H groups in total. The maximum Gasteiger partial charge on any atom is 0.241 e. The number of para-hydroxylation sites is 1. The summed E-state index contributed by atoms with van der Waals surface area (Å²) in [5, 5.41) is 3.51. The third kappa shape index (κ3) is 5.26. The van der Waals surface area contributed by atoms with Crippen LogP contribution in [0.25, 0.3) is 0 Å². The number of fused-ring (bicyclic) bond motifs is 1. The van der Waals surface area contributed by atoms with Gasteiger partial charge in [0.05, 0.1) is 12.2 Å². The summed E-state index contributed by atoms with van der Waals surface area (Å²) in [5.74, 6) is 0.445. The Morgan fingerprint density at radius 1 is 1.15 bits per heavy atom. The van der Waals surface area contributed by atoms with Gasteiger partial charge in [0.1, 0.15) is 0 Å². The van der Waals surface area contributed by atoms with Crippen LogP contribution < -0.4 is 10.2 Å². The van der Waals surface area contributed by atoms with Crippen LogP contribution in [0.5, 0.6) is 0 Å². The first kappa shape index (κ1) is 20.2. The summed E-state index contributed by atoms with van der Waals surface area (Å²) in [4.78, 5) is 30.5. The highest BCUT2D eigenvalue weighted by Crippen LogP contribution is 2.37. The fourth-order valence-electron chi connectivity index (χ4n) is 3.77. The van der Waals surface area contributed by atoms with E-state index in [4.69, 9.17) is 0 Å². The normalized spacial score (nSPS) is 21.4. The fourth-order valence-corrected chi connectivity index (χ4v) is 4.88. The standard InChI is InChI=1S/C21H31N3O2S/c1-3-11-22-21(26)17-9-12-23(13-10-17)15-20(25)24-14-8-16(2)27-19-7-5-4-6-18(19)24/h4-7,16-17H,3,8-15H2,1-2H3,(H,22,26). The molecule has 2 heterocycles. The van der Waals surface area contributed by atoms with Gasteiger partial charge in [-0.05, 0) is 50.9 Å². The van der Waals surface area contributed by atoms with Crippen molar-refractivity contribution in [3.05, 3.63) is 24.3 Å². The van der Waals surface area contributed by atoms with Crippen LogP contribution in [0.4, 0.5) is 5.69 Å². The Morgan fingerprint density at radius 2 is 1.89 bits per heavy atom. The zero-order valence-corrected chi connectivity index (χ0v) is 17.3. The first-order chi connectivity index (χ1) is 13.1. The lowest BCUT2D eigenvalue weighted by molar-refractivity contribution is -0.126. The van der Waals surface area contributed by atoms with Gasteiger partial charge in [-0.15, -0.1) is 11.8 Å². The van der Waals surface area contributed by atoms with E-state index in [0.717, 1.165) is 57.5 Å². The van der Waals surface area contributed by atoms with E-state index in [1.54, 1.807) is 0 Å². The van der Waals surface area contributed by atoms with E-state index in [2.05, 4.69) is 36.2 Å². The van der Waals surface area contributed by atoms with E-state index in [9.17, 15) is 9.59 Å².